The van der Waals surface area contributed by atoms with Crippen LogP contribution in [0.25, 0.3) is 0 Å². The van der Waals surface area contributed by atoms with Gasteiger partial charge in [-0.1, -0.05) is 37.3 Å². The fourth-order valence-corrected chi connectivity index (χ4v) is 2.54. The van der Waals surface area contributed by atoms with Gasteiger partial charge in [0.15, 0.2) is 0 Å². The van der Waals surface area contributed by atoms with Gasteiger partial charge in [-0.2, -0.15) is 0 Å². The van der Waals surface area contributed by atoms with E-state index in [1.807, 2.05) is 31.2 Å². The Morgan fingerprint density at radius 1 is 1.44 bits per heavy atom. The first-order chi connectivity index (χ1) is 7.60. The minimum atomic E-state index is -0.712. The predicted octanol–water partition coefficient (Wildman–Crippen LogP) is 2.68. The molecule has 0 aromatic heterocycles. The monoisotopic (exact) mass is 216 g/mol. The van der Waals surface area contributed by atoms with Crippen LogP contribution in [-0.2, 0) is 17.6 Å². The molecule has 1 aliphatic rings. The summed E-state index contributed by atoms with van der Waals surface area (Å²) in [4.78, 5) is 11.5. The largest absolute Gasteiger partial charge is 0.481 e. The second-order valence-electron chi connectivity index (χ2n) is 4.61. The molecule has 1 N–H and O–H groups in total. The van der Waals surface area contributed by atoms with Crippen LogP contribution in [0.2, 0.25) is 0 Å². The number of aliphatic carboxylic acids is 1. The van der Waals surface area contributed by atoms with Crippen LogP contribution < -0.4 is 0 Å². The van der Waals surface area contributed by atoms with Crippen LogP contribution >= 0.6 is 0 Å². The van der Waals surface area contributed by atoms with E-state index in [1.54, 1.807) is 6.08 Å². The molecule has 2 rings (SSSR count). The minimum Gasteiger partial charge on any atom is -0.481 e. The fourth-order valence-electron chi connectivity index (χ4n) is 2.54. The quantitative estimate of drug-likeness (QED) is 0.789. The van der Waals surface area contributed by atoms with Gasteiger partial charge in [0.25, 0.3) is 0 Å². The van der Waals surface area contributed by atoms with Gasteiger partial charge in [-0.3, -0.25) is 4.79 Å². The summed E-state index contributed by atoms with van der Waals surface area (Å²) in [6.07, 6.45) is 2.98. The van der Waals surface area contributed by atoms with E-state index in [1.165, 1.54) is 11.1 Å². The summed E-state index contributed by atoms with van der Waals surface area (Å²) in [6.45, 7) is 5.67. The third-order valence-corrected chi connectivity index (χ3v) is 3.78. The molecular weight excluding hydrogens is 200 g/mol. The van der Waals surface area contributed by atoms with E-state index in [2.05, 4.69) is 6.58 Å². The Hall–Kier alpha value is -1.57. The molecular formula is C14H16O2. The van der Waals surface area contributed by atoms with E-state index < -0.39 is 11.4 Å². The van der Waals surface area contributed by atoms with E-state index in [0.717, 1.165) is 0 Å². The summed E-state index contributed by atoms with van der Waals surface area (Å²) in [7, 11) is 0. The first-order valence-electron chi connectivity index (χ1n) is 5.53. The number of benzene rings is 1. The van der Waals surface area contributed by atoms with Crippen molar-refractivity contribution in [3.05, 3.63) is 48.0 Å². The molecule has 0 spiro atoms. The van der Waals surface area contributed by atoms with E-state index in [4.69, 9.17) is 0 Å². The maximum absolute atomic E-state index is 11.5. The van der Waals surface area contributed by atoms with Gasteiger partial charge in [-0.25, -0.2) is 0 Å². The third-order valence-electron chi connectivity index (χ3n) is 3.78. The Kier molecular flexibility index (Phi) is 2.58. The Labute approximate surface area is 95.6 Å². The third kappa shape index (κ3) is 1.45. The second-order valence-corrected chi connectivity index (χ2v) is 4.61. The molecule has 1 aromatic rings. The van der Waals surface area contributed by atoms with Crippen LogP contribution in [0.5, 0.6) is 0 Å². The van der Waals surface area contributed by atoms with Crippen LogP contribution in [0.15, 0.2) is 36.9 Å². The van der Waals surface area contributed by atoms with Crippen molar-refractivity contribution in [2.45, 2.75) is 19.8 Å². The van der Waals surface area contributed by atoms with Crippen molar-refractivity contribution in [1.29, 1.82) is 0 Å². The van der Waals surface area contributed by atoms with Crippen molar-refractivity contribution >= 4 is 5.97 Å². The van der Waals surface area contributed by atoms with Crippen LogP contribution in [0, 0.1) is 11.3 Å². The smallest absolute Gasteiger partial charge is 0.310 e. The van der Waals surface area contributed by atoms with Crippen molar-refractivity contribution in [2.75, 3.05) is 0 Å². The molecule has 0 fully saturated rings. The van der Waals surface area contributed by atoms with Gasteiger partial charge in [-0.15, -0.1) is 6.58 Å². The zero-order valence-corrected chi connectivity index (χ0v) is 9.44. The van der Waals surface area contributed by atoms with Crippen LogP contribution in [-0.4, -0.2) is 11.1 Å². The number of rotatable bonds is 3. The lowest BCUT2D eigenvalue weighted by molar-refractivity contribution is -0.150. The average molecular weight is 216 g/mol. The van der Waals surface area contributed by atoms with Crippen molar-refractivity contribution in [3.63, 3.8) is 0 Å². The molecule has 1 aliphatic carbocycles. The van der Waals surface area contributed by atoms with Gasteiger partial charge >= 0.3 is 5.97 Å². The lowest BCUT2D eigenvalue weighted by Crippen LogP contribution is -2.37. The molecule has 2 heteroatoms. The maximum Gasteiger partial charge on any atom is 0.310 e. The van der Waals surface area contributed by atoms with E-state index in [0.29, 0.717) is 12.8 Å². The van der Waals surface area contributed by atoms with Crippen molar-refractivity contribution in [1.82, 2.24) is 0 Å². The second kappa shape index (κ2) is 3.78. The summed E-state index contributed by atoms with van der Waals surface area (Å²) in [6, 6.07) is 7.98. The fraction of sp³-hybridized carbons (Fsp3) is 0.357. The average Bonchev–Trinajstić information content (AvgIpc) is 2.68. The first kappa shape index (κ1) is 10.9. The van der Waals surface area contributed by atoms with Crippen molar-refractivity contribution in [2.24, 2.45) is 11.3 Å². The number of carboxylic acid groups (broad SMARTS) is 1. The molecule has 0 bridgehead atoms. The van der Waals surface area contributed by atoms with Gasteiger partial charge in [0.05, 0.1) is 5.41 Å². The molecule has 0 aliphatic heterocycles. The summed E-state index contributed by atoms with van der Waals surface area (Å²) < 4.78 is 0. The normalized spacial score (nSPS) is 18.8. The zero-order chi connectivity index (χ0) is 11.8. The Morgan fingerprint density at radius 2 is 1.94 bits per heavy atom. The molecule has 84 valence electrons. The molecule has 2 nitrogen and oxygen atoms in total. The van der Waals surface area contributed by atoms with Crippen LogP contribution in [0.1, 0.15) is 18.1 Å². The Bertz CT molecular complexity index is 409. The molecule has 0 radical (unpaired) electrons. The molecule has 0 saturated carbocycles. The Morgan fingerprint density at radius 3 is 2.31 bits per heavy atom. The van der Waals surface area contributed by atoms with Gasteiger partial charge < -0.3 is 5.11 Å². The summed E-state index contributed by atoms with van der Waals surface area (Å²) in [5, 5.41) is 9.49. The molecule has 0 heterocycles. The number of hydrogen-bond donors (Lipinski definition) is 1. The van der Waals surface area contributed by atoms with Gasteiger partial charge in [0.1, 0.15) is 0 Å². The highest BCUT2D eigenvalue weighted by molar-refractivity contribution is 5.77. The lowest BCUT2D eigenvalue weighted by Gasteiger charge is -2.28. The van der Waals surface area contributed by atoms with E-state index in [-0.39, 0.29) is 5.92 Å². The molecule has 0 saturated heterocycles. The van der Waals surface area contributed by atoms with Gasteiger partial charge in [-0.05, 0) is 29.9 Å². The summed E-state index contributed by atoms with van der Waals surface area (Å²) in [5.41, 5.74) is 1.64. The highest BCUT2D eigenvalue weighted by Gasteiger charge is 2.46. The number of carbonyl (C=O) groups is 1. The number of hydrogen-bond acceptors (Lipinski definition) is 1. The minimum absolute atomic E-state index is 0.0163. The topological polar surface area (TPSA) is 37.3 Å². The Balaban J connectivity index is 2.42. The number of fused-ring (bicyclic) bond motifs is 1. The summed E-state index contributed by atoms with van der Waals surface area (Å²) in [5.74, 6) is -0.728. The van der Waals surface area contributed by atoms with Crippen molar-refractivity contribution in [3.8, 4) is 0 Å². The van der Waals surface area contributed by atoms with Crippen LogP contribution in [0.3, 0.4) is 0 Å². The number of carboxylic acids is 1. The highest BCUT2D eigenvalue weighted by Crippen LogP contribution is 2.43. The van der Waals surface area contributed by atoms with Gasteiger partial charge in [0, 0.05) is 0 Å². The zero-order valence-electron chi connectivity index (χ0n) is 9.44. The SMILES string of the molecule is C=CC(C)C1(C(=O)O)Cc2ccccc2C1. The maximum atomic E-state index is 11.5. The lowest BCUT2D eigenvalue weighted by atomic mass is 9.74. The first-order valence-corrected chi connectivity index (χ1v) is 5.53. The van der Waals surface area contributed by atoms with Crippen LogP contribution in [0.4, 0.5) is 0 Å². The predicted molar refractivity (Wildman–Crippen MR) is 63.3 cm³/mol. The molecule has 1 aromatic carbocycles. The van der Waals surface area contributed by atoms with E-state index in [9.17, 15) is 9.90 Å². The molecule has 0 amide bonds. The van der Waals surface area contributed by atoms with E-state index >= 15 is 0 Å². The summed E-state index contributed by atoms with van der Waals surface area (Å²) >= 11 is 0. The molecule has 1 unspecified atom stereocenters. The molecule has 16 heavy (non-hydrogen) atoms. The standard InChI is InChI=1S/C14H16O2/c1-3-10(2)14(13(15)16)8-11-6-4-5-7-12(11)9-14/h3-7,10H,1,8-9H2,2H3,(H,15,16). The van der Waals surface area contributed by atoms with Crippen molar-refractivity contribution < 1.29 is 9.90 Å². The highest BCUT2D eigenvalue weighted by atomic mass is 16.4. The molecule has 1 atom stereocenters. The van der Waals surface area contributed by atoms with Gasteiger partial charge in [0.2, 0.25) is 0 Å². The number of allylic oxidation sites excluding steroid dienone is 1.